The molecule has 0 unspecified atom stereocenters. The van der Waals surface area contributed by atoms with Gasteiger partial charge in [0.2, 0.25) is 0 Å². The Balaban J connectivity index is 2.76. The van der Waals surface area contributed by atoms with Gasteiger partial charge in [0.1, 0.15) is 0 Å². The molecule has 0 saturated heterocycles. The van der Waals surface area contributed by atoms with Gasteiger partial charge in [-0.2, -0.15) is 13.2 Å². The maximum Gasteiger partial charge on any atom is 0.389 e. The lowest BCUT2D eigenvalue weighted by molar-refractivity contribution is -0.136. The Kier molecular flexibility index (Phi) is 6.42. The summed E-state index contributed by atoms with van der Waals surface area (Å²) in [7, 11) is 1.44. The van der Waals surface area contributed by atoms with Crippen LogP contribution in [-0.4, -0.2) is 26.4 Å². The van der Waals surface area contributed by atoms with Crippen molar-refractivity contribution in [1.29, 1.82) is 0 Å². The highest BCUT2D eigenvalue weighted by atomic mass is 35.5. The third-order valence-corrected chi connectivity index (χ3v) is 2.80. The van der Waals surface area contributed by atoms with Gasteiger partial charge in [0.05, 0.1) is 13.7 Å². The van der Waals surface area contributed by atoms with Crippen molar-refractivity contribution in [2.24, 2.45) is 5.73 Å². The van der Waals surface area contributed by atoms with Crippen molar-refractivity contribution in [3.8, 4) is 11.5 Å². The summed E-state index contributed by atoms with van der Waals surface area (Å²) in [6, 6.07) is 3.23. The van der Waals surface area contributed by atoms with Crippen molar-refractivity contribution >= 4 is 11.6 Å². The van der Waals surface area contributed by atoms with Crippen molar-refractivity contribution in [2.75, 3.05) is 20.3 Å². The molecule has 0 aliphatic carbocycles. The molecule has 0 atom stereocenters. The lowest BCUT2D eigenvalue weighted by Crippen LogP contribution is -2.11. The normalized spacial score (nSPS) is 11.5. The predicted molar refractivity (Wildman–Crippen MR) is 71.5 cm³/mol. The number of rotatable bonds is 7. The summed E-state index contributed by atoms with van der Waals surface area (Å²) in [6.07, 6.45) is -4.66. The smallest absolute Gasteiger partial charge is 0.389 e. The Hall–Kier alpha value is -1.14. The molecule has 0 radical (unpaired) electrons. The summed E-state index contributed by atoms with van der Waals surface area (Å²) < 4.78 is 46.8. The van der Waals surface area contributed by atoms with Gasteiger partial charge in [-0.1, -0.05) is 11.6 Å². The molecule has 0 saturated carbocycles. The van der Waals surface area contributed by atoms with Gasteiger partial charge in [0.15, 0.2) is 11.5 Å². The first-order valence-electron chi connectivity index (χ1n) is 6.13. The summed E-state index contributed by atoms with van der Waals surface area (Å²) in [4.78, 5) is 0. The second-order valence-corrected chi connectivity index (χ2v) is 4.64. The maximum atomic E-state index is 12.1. The molecule has 20 heavy (non-hydrogen) atoms. The number of nitrogens with two attached hydrogens (primary N) is 1. The van der Waals surface area contributed by atoms with Crippen LogP contribution in [0, 0.1) is 0 Å². The van der Waals surface area contributed by atoms with Gasteiger partial charge < -0.3 is 15.2 Å². The van der Waals surface area contributed by atoms with Gasteiger partial charge in [-0.05, 0) is 25.5 Å². The van der Waals surface area contributed by atoms with Gasteiger partial charge in [-0.3, -0.25) is 0 Å². The average molecular weight is 312 g/mol. The number of alkyl halides is 3. The van der Waals surface area contributed by atoms with Crippen LogP contribution in [0.2, 0.25) is 5.02 Å². The molecular formula is C13H17ClF3NO2. The number of benzene rings is 1. The van der Waals surface area contributed by atoms with E-state index >= 15 is 0 Å². The first-order chi connectivity index (χ1) is 9.37. The van der Waals surface area contributed by atoms with Gasteiger partial charge in [0.25, 0.3) is 0 Å². The average Bonchev–Trinajstić information content (AvgIpc) is 2.35. The number of ether oxygens (including phenoxy) is 2. The lowest BCUT2D eigenvalue weighted by Gasteiger charge is -2.16. The van der Waals surface area contributed by atoms with E-state index in [1.54, 1.807) is 12.1 Å². The van der Waals surface area contributed by atoms with E-state index in [1.165, 1.54) is 7.11 Å². The summed E-state index contributed by atoms with van der Waals surface area (Å²) in [5.41, 5.74) is 6.22. The Labute approximate surface area is 120 Å². The zero-order valence-electron chi connectivity index (χ0n) is 11.1. The van der Waals surface area contributed by atoms with Crippen LogP contribution in [0.3, 0.4) is 0 Å². The van der Waals surface area contributed by atoms with Crippen LogP contribution in [0.4, 0.5) is 13.2 Å². The monoisotopic (exact) mass is 311 g/mol. The van der Waals surface area contributed by atoms with E-state index in [-0.39, 0.29) is 13.0 Å². The van der Waals surface area contributed by atoms with E-state index in [2.05, 4.69) is 0 Å². The quantitative estimate of drug-likeness (QED) is 0.783. The standard InChI is InChI=1S/C13H17ClF3NO2/c1-19-11-8-10(14)7-9(3-5-18)12(11)20-6-2-4-13(15,16)17/h7-8H,2-6,18H2,1H3. The van der Waals surface area contributed by atoms with E-state index in [9.17, 15) is 13.2 Å². The Morgan fingerprint density at radius 1 is 1.30 bits per heavy atom. The Morgan fingerprint density at radius 3 is 2.55 bits per heavy atom. The Bertz CT molecular complexity index is 438. The molecule has 0 bridgehead atoms. The third-order valence-electron chi connectivity index (χ3n) is 2.58. The maximum absolute atomic E-state index is 12.1. The van der Waals surface area contributed by atoms with E-state index in [4.69, 9.17) is 26.8 Å². The molecular weight excluding hydrogens is 295 g/mol. The Morgan fingerprint density at radius 2 is 2.00 bits per heavy atom. The number of hydrogen-bond donors (Lipinski definition) is 1. The summed E-state index contributed by atoms with van der Waals surface area (Å²) >= 11 is 5.93. The van der Waals surface area contributed by atoms with Crippen molar-refractivity contribution < 1.29 is 22.6 Å². The minimum Gasteiger partial charge on any atom is -0.493 e. The summed E-state index contributed by atoms with van der Waals surface area (Å²) in [5, 5.41) is 0.466. The van der Waals surface area contributed by atoms with E-state index < -0.39 is 12.6 Å². The first kappa shape index (κ1) is 16.9. The second kappa shape index (κ2) is 7.59. The fraction of sp³-hybridized carbons (Fsp3) is 0.538. The van der Waals surface area contributed by atoms with Gasteiger partial charge >= 0.3 is 6.18 Å². The van der Waals surface area contributed by atoms with Crippen molar-refractivity contribution in [1.82, 2.24) is 0 Å². The molecule has 0 aliphatic heterocycles. The molecule has 0 fully saturated rings. The van der Waals surface area contributed by atoms with Crippen LogP contribution < -0.4 is 15.2 Å². The fourth-order valence-electron chi connectivity index (χ4n) is 1.73. The molecule has 1 rings (SSSR count). The topological polar surface area (TPSA) is 44.5 Å². The van der Waals surface area contributed by atoms with Crippen molar-refractivity contribution in [3.05, 3.63) is 22.7 Å². The molecule has 0 aromatic heterocycles. The van der Waals surface area contributed by atoms with E-state index in [1.807, 2.05) is 0 Å². The largest absolute Gasteiger partial charge is 0.493 e. The molecule has 0 aliphatic rings. The number of hydrogen-bond acceptors (Lipinski definition) is 3. The molecule has 3 nitrogen and oxygen atoms in total. The minimum absolute atomic E-state index is 0.0466. The zero-order valence-corrected chi connectivity index (χ0v) is 11.9. The number of halogens is 4. The van der Waals surface area contributed by atoms with Crippen LogP contribution >= 0.6 is 11.6 Å². The molecule has 0 heterocycles. The third kappa shape index (κ3) is 5.46. The number of methoxy groups -OCH3 is 1. The SMILES string of the molecule is COc1cc(Cl)cc(CCN)c1OCCCC(F)(F)F. The van der Waals surface area contributed by atoms with Crippen molar-refractivity contribution in [3.63, 3.8) is 0 Å². The molecule has 2 N–H and O–H groups in total. The first-order valence-corrected chi connectivity index (χ1v) is 6.51. The van der Waals surface area contributed by atoms with E-state index in [0.717, 1.165) is 5.56 Å². The zero-order chi connectivity index (χ0) is 15.2. The molecule has 7 heteroatoms. The minimum atomic E-state index is -4.17. The van der Waals surface area contributed by atoms with Gasteiger partial charge in [0, 0.05) is 23.1 Å². The fourth-order valence-corrected chi connectivity index (χ4v) is 1.96. The van der Waals surface area contributed by atoms with Crippen LogP contribution in [0.25, 0.3) is 0 Å². The molecule has 0 spiro atoms. The predicted octanol–water partition coefficient (Wildman–Crippen LogP) is 3.57. The van der Waals surface area contributed by atoms with Crippen LogP contribution in [-0.2, 0) is 6.42 Å². The highest BCUT2D eigenvalue weighted by Gasteiger charge is 2.26. The van der Waals surface area contributed by atoms with Crippen molar-refractivity contribution in [2.45, 2.75) is 25.4 Å². The van der Waals surface area contributed by atoms with Gasteiger partial charge in [-0.15, -0.1) is 0 Å². The van der Waals surface area contributed by atoms with Crippen LogP contribution in [0.15, 0.2) is 12.1 Å². The van der Waals surface area contributed by atoms with Crippen LogP contribution in [0.5, 0.6) is 11.5 Å². The highest BCUT2D eigenvalue weighted by molar-refractivity contribution is 6.30. The molecule has 1 aromatic carbocycles. The van der Waals surface area contributed by atoms with Crippen LogP contribution in [0.1, 0.15) is 18.4 Å². The van der Waals surface area contributed by atoms with E-state index in [0.29, 0.717) is 29.5 Å². The van der Waals surface area contributed by atoms with Gasteiger partial charge in [-0.25, -0.2) is 0 Å². The molecule has 114 valence electrons. The lowest BCUT2D eigenvalue weighted by atomic mass is 10.1. The summed E-state index contributed by atoms with van der Waals surface area (Å²) in [5.74, 6) is 0.803. The summed E-state index contributed by atoms with van der Waals surface area (Å²) in [6.45, 7) is 0.331. The molecule has 0 amide bonds. The highest BCUT2D eigenvalue weighted by Crippen LogP contribution is 2.35. The second-order valence-electron chi connectivity index (χ2n) is 4.20. The molecule has 1 aromatic rings.